The van der Waals surface area contributed by atoms with Gasteiger partial charge in [0.15, 0.2) is 9.84 Å². The molecule has 1 atom stereocenters. The van der Waals surface area contributed by atoms with Gasteiger partial charge >= 0.3 is 0 Å². The molecule has 1 aliphatic heterocycles. The second-order valence-electron chi connectivity index (χ2n) is 7.08. The van der Waals surface area contributed by atoms with E-state index in [1.54, 1.807) is 23.4 Å². The van der Waals surface area contributed by atoms with Gasteiger partial charge in [0.2, 0.25) is 5.91 Å². The van der Waals surface area contributed by atoms with Crippen molar-refractivity contribution in [3.63, 3.8) is 0 Å². The summed E-state index contributed by atoms with van der Waals surface area (Å²) in [6, 6.07) is 3.44. The molecule has 1 aromatic rings. The molecular formula is C17H24N2O3S. The molecule has 0 saturated carbocycles. The lowest BCUT2D eigenvalue weighted by molar-refractivity contribution is -0.128. The van der Waals surface area contributed by atoms with E-state index in [2.05, 4.69) is 4.98 Å². The molecule has 1 amide bonds. The number of aromatic nitrogens is 1. The van der Waals surface area contributed by atoms with Crippen LogP contribution in [0.25, 0.3) is 0 Å². The number of carbonyl (C=O) groups is 1. The second kappa shape index (κ2) is 6.83. The molecule has 6 heteroatoms. The van der Waals surface area contributed by atoms with E-state index < -0.39 is 9.84 Å². The number of rotatable bonds is 4. The van der Waals surface area contributed by atoms with Crippen molar-refractivity contribution < 1.29 is 13.2 Å². The number of hydrogen-bond acceptors (Lipinski definition) is 4. The Balaban J connectivity index is 2.21. The van der Waals surface area contributed by atoms with Crippen molar-refractivity contribution in [2.75, 3.05) is 11.5 Å². The molecule has 0 N–H and O–H groups in total. The third-order valence-electron chi connectivity index (χ3n) is 3.73. The third kappa shape index (κ3) is 5.46. The number of carbonyl (C=O) groups excluding carboxylic acids is 1. The van der Waals surface area contributed by atoms with Crippen LogP contribution in [-0.2, 0) is 21.2 Å². The second-order valence-corrected chi connectivity index (χ2v) is 9.31. The monoisotopic (exact) mass is 336 g/mol. The van der Waals surface area contributed by atoms with Gasteiger partial charge in [0.25, 0.3) is 0 Å². The summed E-state index contributed by atoms with van der Waals surface area (Å²) >= 11 is 0. The summed E-state index contributed by atoms with van der Waals surface area (Å²) in [4.78, 5) is 18.3. The van der Waals surface area contributed by atoms with E-state index in [0.717, 1.165) is 5.56 Å². The minimum absolute atomic E-state index is 0.0440. The number of allylic oxidation sites excluding steroid dienone is 1. The Morgan fingerprint density at radius 1 is 1.43 bits per heavy atom. The quantitative estimate of drug-likeness (QED) is 0.791. The van der Waals surface area contributed by atoms with Crippen LogP contribution >= 0.6 is 0 Å². The molecule has 0 aromatic carbocycles. The lowest BCUT2D eigenvalue weighted by atomic mass is 9.96. The van der Waals surface area contributed by atoms with Crippen LogP contribution in [0, 0.1) is 5.41 Å². The van der Waals surface area contributed by atoms with E-state index in [-0.39, 0.29) is 28.9 Å². The van der Waals surface area contributed by atoms with Crippen molar-refractivity contribution in [1.82, 2.24) is 9.88 Å². The Bertz CT molecular complexity index is 676. The summed E-state index contributed by atoms with van der Waals surface area (Å²) in [5.74, 6) is 0.0469. The van der Waals surface area contributed by atoms with Crippen molar-refractivity contribution in [2.24, 2.45) is 5.41 Å². The molecule has 2 heterocycles. The minimum Gasteiger partial charge on any atom is -0.331 e. The molecule has 1 fully saturated rings. The zero-order chi connectivity index (χ0) is 17.1. The van der Waals surface area contributed by atoms with Gasteiger partial charge in [-0.1, -0.05) is 32.9 Å². The molecule has 0 unspecified atom stereocenters. The van der Waals surface area contributed by atoms with Crippen LogP contribution in [0.4, 0.5) is 0 Å². The standard InChI is InChI=1S/C17H24N2O3S/c1-17(2,3)8-6-16(20)19(12-14-5-4-9-18-11-14)15-7-10-23(21,22)13-15/h4-6,8-9,11,15H,7,10,12-13H2,1-3H3/b8-6+/t15-/m0/s1. The number of nitrogens with zero attached hydrogens (tertiary/aromatic N) is 2. The van der Waals surface area contributed by atoms with Gasteiger partial charge in [0.1, 0.15) is 0 Å². The lowest BCUT2D eigenvalue weighted by Gasteiger charge is -2.27. The summed E-state index contributed by atoms with van der Waals surface area (Å²) in [5, 5.41) is 0. The Labute approximate surface area is 138 Å². The first-order chi connectivity index (χ1) is 10.7. The summed E-state index contributed by atoms with van der Waals surface area (Å²) in [7, 11) is -3.04. The fourth-order valence-corrected chi connectivity index (χ4v) is 4.24. The molecular weight excluding hydrogens is 312 g/mol. The molecule has 0 spiro atoms. The highest BCUT2D eigenvalue weighted by atomic mass is 32.2. The Morgan fingerprint density at radius 2 is 2.17 bits per heavy atom. The minimum atomic E-state index is -3.04. The van der Waals surface area contributed by atoms with Gasteiger partial charge in [0, 0.05) is 25.0 Å². The molecule has 1 aromatic heterocycles. The molecule has 5 nitrogen and oxygen atoms in total. The average molecular weight is 336 g/mol. The highest BCUT2D eigenvalue weighted by Gasteiger charge is 2.34. The topological polar surface area (TPSA) is 67.3 Å². The highest BCUT2D eigenvalue weighted by Crippen LogP contribution is 2.21. The SMILES string of the molecule is CC(C)(C)/C=C/C(=O)N(Cc1cccnc1)[C@H]1CCS(=O)(=O)C1. The van der Waals surface area contributed by atoms with Crippen LogP contribution in [0.15, 0.2) is 36.7 Å². The van der Waals surface area contributed by atoms with Crippen molar-refractivity contribution in [3.05, 3.63) is 42.2 Å². The Morgan fingerprint density at radius 3 is 2.70 bits per heavy atom. The van der Waals surface area contributed by atoms with Crippen LogP contribution < -0.4 is 0 Å². The van der Waals surface area contributed by atoms with E-state index >= 15 is 0 Å². The zero-order valence-electron chi connectivity index (χ0n) is 13.9. The van der Waals surface area contributed by atoms with Crippen molar-refractivity contribution in [1.29, 1.82) is 0 Å². The van der Waals surface area contributed by atoms with Gasteiger partial charge in [-0.2, -0.15) is 0 Å². The van der Waals surface area contributed by atoms with Gasteiger partial charge in [-0.15, -0.1) is 0 Å². The smallest absolute Gasteiger partial charge is 0.246 e. The molecule has 0 aliphatic carbocycles. The van der Waals surface area contributed by atoms with Crippen molar-refractivity contribution in [3.8, 4) is 0 Å². The molecule has 2 rings (SSSR count). The van der Waals surface area contributed by atoms with Crippen LogP contribution in [0.5, 0.6) is 0 Å². The zero-order valence-corrected chi connectivity index (χ0v) is 14.7. The predicted octanol–water partition coefficient (Wildman–Crippen LogP) is 2.20. The Hall–Kier alpha value is -1.69. The maximum absolute atomic E-state index is 12.6. The summed E-state index contributed by atoms with van der Waals surface area (Å²) in [6.07, 6.45) is 7.29. The first-order valence-electron chi connectivity index (χ1n) is 7.75. The number of hydrogen-bond donors (Lipinski definition) is 0. The molecule has 23 heavy (non-hydrogen) atoms. The van der Waals surface area contributed by atoms with Crippen LogP contribution in [-0.4, -0.2) is 41.8 Å². The van der Waals surface area contributed by atoms with Crippen molar-refractivity contribution in [2.45, 2.75) is 39.8 Å². The molecule has 1 aliphatic rings. The first kappa shape index (κ1) is 17.7. The maximum atomic E-state index is 12.6. The van der Waals surface area contributed by atoms with Gasteiger partial charge < -0.3 is 4.90 Å². The van der Waals surface area contributed by atoms with E-state index in [4.69, 9.17) is 0 Å². The first-order valence-corrected chi connectivity index (χ1v) is 9.58. The predicted molar refractivity (Wildman–Crippen MR) is 90.4 cm³/mol. The summed E-state index contributed by atoms with van der Waals surface area (Å²) in [6.45, 7) is 6.42. The fourth-order valence-electron chi connectivity index (χ4n) is 2.51. The fraction of sp³-hybridized carbons (Fsp3) is 0.529. The Kier molecular flexibility index (Phi) is 5.24. The number of amides is 1. The lowest BCUT2D eigenvalue weighted by Crippen LogP contribution is -2.39. The van der Waals surface area contributed by atoms with Gasteiger partial charge in [-0.05, 0) is 29.5 Å². The van der Waals surface area contributed by atoms with E-state index in [1.165, 1.54) is 0 Å². The van der Waals surface area contributed by atoms with E-state index in [9.17, 15) is 13.2 Å². The number of sulfone groups is 1. The average Bonchev–Trinajstić information content (AvgIpc) is 2.82. The molecule has 0 radical (unpaired) electrons. The normalized spacial score (nSPS) is 20.7. The van der Waals surface area contributed by atoms with E-state index in [1.807, 2.05) is 39.0 Å². The van der Waals surface area contributed by atoms with Gasteiger partial charge in [0.05, 0.1) is 11.5 Å². The van der Waals surface area contributed by atoms with Gasteiger partial charge in [-0.3, -0.25) is 9.78 Å². The molecule has 126 valence electrons. The van der Waals surface area contributed by atoms with Gasteiger partial charge in [-0.25, -0.2) is 8.42 Å². The van der Waals surface area contributed by atoms with Crippen molar-refractivity contribution >= 4 is 15.7 Å². The highest BCUT2D eigenvalue weighted by molar-refractivity contribution is 7.91. The van der Waals surface area contributed by atoms with Crippen LogP contribution in [0.3, 0.4) is 0 Å². The molecule has 1 saturated heterocycles. The third-order valence-corrected chi connectivity index (χ3v) is 5.48. The van der Waals surface area contributed by atoms with Crippen LogP contribution in [0.1, 0.15) is 32.8 Å². The van der Waals surface area contributed by atoms with Crippen LogP contribution in [0.2, 0.25) is 0 Å². The maximum Gasteiger partial charge on any atom is 0.246 e. The van der Waals surface area contributed by atoms with E-state index in [0.29, 0.717) is 13.0 Å². The largest absolute Gasteiger partial charge is 0.331 e. The molecule has 0 bridgehead atoms. The number of pyridine rings is 1. The summed E-state index contributed by atoms with van der Waals surface area (Å²) < 4.78 is 23.5. The summed E-state index contributed by atoms with van der Waals surface area (Å²) in [5.41, 5.74) is 0.798.